The Morgan fingerprint density at radius 2 is 1.95 bits per heavy atom. The second kappa shape index (κ2) is 5.25. The molecule has 4 nitrogen and oxygen atoms in total. The van der Waals surface area contributed by atoms with Crippen LogP contribution in [0.3, 0.4) is 0 Å². The van der Waals surface area contributed by atoms with Crippen molar-refractivity contribution in [1.82, 2.24) is 14.3 Å². The maximum Gasteiger partial charge on any atom is 0.253 e. The third kappa shape index (κ3) is 2.34. The average Bonchev–Trinajstić information content (AvgIpc) is 2.79. The molecule has 0 aliphatic heterocycles. The Labute approximate surface area is 117 Å². The van der Waals surface area contributed by atoms with Gasteiger partial charge in [0.1, 0.15) is 5.69 Å². The van der Waals surface area contributed by atoms with E-state index in [4.69, 9.17) is 0 Å². The Bertz CT molecular complexity index is 649. The first-order valence-electron chi connectivity index (χ1n) is 6.29. The summed E-state index contributed by atoms with van der Waals surface area (Å²) in [5.74, 6) is 0. The van der Waals surface area contributed by atoms with E-state index in [-0.39, 0.29) is 5.56 Å². The molecule has 0 N–H and O–H groups in total. The highest BCUT2D eigenvalue weighted by Gasteiger charge is 2.14. The summed E-state index contributed by atoms with van der Waals surface area (Å²) in [5, 5.41) is 5.71. The second-order valence-corrected chi connectivity index (χ2v) is 5.44. The lowest BCUT2D eigenvalue weighted by Crippen LogP contribution is -2.21. The number of pyridine rings is 1. The molecule has 5 heteroatoms. The third-order valence-corrected chi connectivity index (χ3v) is 4.03. The second-order valence-electron chi connectivity index (χ2n) is 4.61. The fourth-order valence-corrected chi connectivity index (χ4v) is 2.98. The summed E-state index contributed by atoms with van der Waals surface area (Å²) in [6.07, 6.45) is 2.04. The molecule has 0 unspecified atom stereocenters. The van der Waals surface area contributed by atoms with Crippen molar-refractivity contribution in [2.45, 2.75) is 32.3 Å². The Morgan fingerprint density at radius 3 is 2.47 bits per heavy atom. The van der Waals surface area contributed by atoms with Gasteiger partial charge in [0.05, 0.1) is 10.7 Å². The van der Waals surface area contributed by atoms with Crippen LogP contribution in [0.15, 0.2) is 22.0 Å². The smallest absolute Gasteiger partial charge is 0.253 e. The highest BCUT2D eigenvalue weighted by Crippen LogP contribution is 2.25. The zero-order valence-electron chi connectivity index (χ0n) is 12.0. The van der Waals surface area contributed by atoms with Gasteiger partial charge in [0.25, 0.3) is 5.56 Å². The van der Waals surface area contributed by atoms with E-state index in [9.17, 15) is 4.79 Å². The summed E-state index contributed by atoms with van der Waals surface area (Å²) >= 11 is 1.67. The SMILES string of the molecule is CCn1nc(-c2c(C)cc(C)c(=O)n2C)cc1SC. The molecule has 2 heterocycles. The average molecular weight is 277 g/mol. The van der Waals surface area contributed by atoms with Crippen LogP contribution in [0.1, 0.15) is 18.1 Å². The molecule has 2 aromatic rings. The first-order valence-corrected chi connectivity index (χ1v) is 7.51. The standard InChI is InChI=1S/C14H19N3OS/c1-6-17-12(19-5)8-11(15-17)13-9(2)7-10(3)14(18)16(13)4/h7-8H,6H2,1-5H3. The van der Waals surface area contributed by atoms with Crippen molar-refractivity contribution in [2.24, 2.45) is 7.05 Å². The summed E-state index contributed by atoms with van der Waals surface area (Å²) < 4.78 is 3.65. The number of hydrogen-bond donors (Lipinski definition) is 0. The van der Waals surface area contributed by atoms with Gasteiger partial charge in [-0.3, -0.25) is 9.48 Å². The Morgan fingerprint density at radius 1 is 1.26 bits per heavy atom. The number of thioether (sulfide) groups is 1. The van der Waals surface area contributed by atoms with Crippen LogP contribution in [0.5, 0.6) is 0 Å². The summed E-state index contributed by atoms with van der Waals surface area (Å²) in [6, 6.07) is 3.98. The summed E-state index contributed by atoms with van der Waals surface area (Å²) in [5.41, 5.74) is 3.65. The van der Waals surface area contributed by atoms with Crippen molar-refractivity contribution in [1.29, 1.82) is 0 Å². The molecule has 0 saturated heterocycles. The largest absolute Gasteiger partial charge is 0.309 e. The summed E-state index contributed by atoms with van der Waals surface area (Å²) in [6.45, 7) is 6.76. The van der Waals surface area contributed by atoms with Crippen molar-refractivity contribution < 1.29 is 0 Å². The minimum atomic E-state index is 0.0392. The first-order chi connectivity index (χ1) is 8.99. The number of aromatic nitrogens is 3. The van der Waals surface area contributed by atoms with Crippen molar-refractivity contribution in [3.63, 3.8) is 0 Å². The van der Waals surface area contributed by atoms with Gasteiger partial charge in [-0.2, -0.15) is 5.10 Å². The van der Waals surface area contributed by atoms with Gasteiger partial charge in [0.2, 0.25) is 0 Å². The highest BCUT2D eigenvalue weighted by atomic mass is 32.2. The van der Waals surface area contributed by atoms with Gasteiger partial charge in [0, 0.05) is 19.2 Å². The third-order valence-electron chi connectivity index (χ3n) is 3.28. The lowest BCUT2D eigenvalue weighted by atomic mass is 10.1. The molecule has 0 radical (unpaired) electrons. The van der Waals surface area contributed by atoms with Crippen LogP contribution in [0, 0.1) is 13.8 Å². The molecule has 0 bridgehead atoms. The van der Waals surface area contributed by atoms with E-state index >= 15 is 0 Å². The fourth-order valence-electron chi connectivity index (χ4n) is 2.37. The van der Waals surface area contributed by atoms with E-state index < -0.39 is 0 Å². The lowest BCUT2D eigenvalue weighted by Gasteiger charge is -2.10. The minimum Gasteiger partial charge on any atom is -0.309 e. The van der Waals surface area contributed by atoms with Gasteiger partial charge in [-0.05, 0) is 44.7 Å². The molecular weight excluding hydrogens is 258 g/mol. The molecule has 102 valence electrons. The Hall–Kier alpha value is -1.49. The van der Waals surface area contributed by atoms with Crippen LogP contribution in [-0.4, -0.2) is 20.6 Å². The monoisotopic (exact) mass is 277 g/mol. The predicted molar refractivity (Wildman–Crippen MR) is 79.8 cm³/mol. The Balaban J connectivity index is 2.69. The van der Waals surface area contributed by atoms with Crippen LogP contribution in [-0.2, 0) is 13.6 Å². The van der Waals surface area contributed by atoms with E-state index in [0.29, 0.717) is 0 Å². The van der Waals surface area contributed by atoms with Crippen LogP contribution in [0.2, 0.25) is 0 Å². The van der Waals surface area contributed by atoms with Crippen LogP contribution >= 0.6 is 11.8 Å². The summed E-state index contributed by atoms with van der Waals surface area (Å²) in [7, 11) is 1.81. The molecule has 0 aliphatic rings. The van der Waals surface area contributed by atoms with Crippen molar-refractivity contribution >= 4 is 11.8 Å². The van der Waals surface area contributed by atoms with E-state index in [2.05, 4.69) is 12.0 Å². The molecule has 2 rings (SSSR count). The van der Waals surface area contributed by atoms with Crippen molar-refractivity contribution in [3.8, 4) is 11.4 Å². The molecule has 0 saturated carbocycles. The number of nitrogens with zero attached hydrogens (tertiary/aromatic N) is 3. The number of rotatable bonds is 3. The molecule has 0 atom stereocenters. The van der Waals surface area contributed by atoms with Gasteiger partial charge < -0.3 is 4.57 Å². The molecule has 0 spiro atoms. The topological polar surface area (TPSA) is 39.8 Å². The number of hydrogen-bond acceptors (Lipinski definition) is 3. The van der Waals surface area contributed by atoms with Gasteiger partial charge >= 0.3 is 0 Å². The molecule has 0 amide bonds. The lowest BCUT2D eigenvalue weighted by molar-refractivity contribution is 0.606. The van der Waals surface area contributed by atoms with E-state index in [0.717, 1.165) is 34.1 Å². The zero-order valence-corrected chi connectivity index (χ0v) is 12.8. The van der Waals surface area contributed by atoms with Crippen molar-refractivity contribution in [2.75, 3.05) is 6.26 Å². The number of aryl methyl sites for hydroxylation is 3. The molecule has 0 aliphatic carbocycles. The molecule has 2 aromatic heterocycles. The van der Waals surface area contributed by atoms with Crippen LogP contribution in [0.25, 0.3) is 11.4 Å². The van der Waals surface area contributed by atoms with E-state index in [1.165, 1.54) is 0 Å². The maximum absolute atomic E-state index is 12.1. The van der Waals surface area contributed by atoms with E-state index in [1.54, 1.807) is 23.4 Å². The first kappa shape index (κ1) is 13.9. The maximum atomic E-state index is 12.1. The van der Waals surface area contributed by atoms with Crippen LogP contribution in [0.4, 0.5) is 0 Å². The zero-order chi connectivity index (χ0) is 14.2. The van der Waals surface area contributed by atoms with Gasteiger partial charge in [0.15, 0.2) is 0 Å². The van der Waals surface area contributed by atoms with Gasteiger partial charge in [-0.25, -0.2) is 0 Å². The highest BCUT2D eigenvalue weighted by molar-refractivity contribution is 7.98. The fraction of sp³-hybridized carbons (Fsp3) is 0.429. The quantitative estimate of drug-likeness (QED) is 0.810. The predicted octanol–water partition coefficient (Wildman–Crippen LogP) is 2.61. The Kier molecular flexibility index (Phi) is 3.85. The van der Waals surface area contributed by atoms with Gasteiger partial charge in [-0.15, -0.1) is 11.8 Å². The minimum absolute atomic E-state index is 0.0392. The molecule has 0 fully saturated rings. The van der Waals surface area contributed by atoms with Crippen LogP contribution < -0.4 is 5.56 Å². The molecule has 0 aromatic carbocycles. The molecule has 19 heavy (non-hydrogen) atoms. The molecular formula is C14H19N3OS. The summed E-state index contributed by atoms with van der Waals surface area (Å²) in [4.78, 5) is 12.1. The van der Waals surface area contributed by atoms with Gasteiger partial charge in [-0.1, -0.05) is 0 Å². The van der Waals surface area contributed by atoms with E-state index in [1.807, 2.05) is 36.9 Å². The van der Waals surface area contributed by atoms with Crippen molar-refractivity contribution in [3.05, 3.63) is 33.6 Å². The normalized spacial score (nSPS) is 11.0.